The minimum Gasteiger partial charge on any atom is -0.337 e. The van der Waals surface area contributed by atoms with E-state index in [2.05, 4.69) is 205 Å². The number of pyridine rings is 1. The van der Waals surface area contributed by atoms with E-state index in [1.807, 2.05) is 18.3 Å². The van der Waals surface area contributed by atoms with Gasteiger partial charge in [-0.25, -0.2) is 0 Å². The predicted octanol–water partition coefficient (Wildman–Crippen LogP) is 13.7. The van der Waals surface area contributed by atoms with Crippen LogP contribution in [-0.2, 0) is 16.2 Å². The molecule has 276 valence electrons. The summed E-state index contributed by atoms with van der Waals surface area (Å²) in [5.41, 5.74) is 15.9. The Morgan fingerprint density at radius 3 is 1.87 bits per heavy atom. The second-order valence-electron chi connectivity index (χ2n) is 16.7. The van der Waals surface area contributed by atoms with Crippen LogP contribution in [-0.4, -0.2) is 11.5 Å². The van der Waals surface area contributed by atoms with Crippen LogP contribution < -0.4 is 9.80 Å². The predicted molar refractivity (Wildman–Crippen MR) is 238 cm³/mol. The molecule has 3 heterocycles. The molecule has 1 aromatic heterocycles. The first-order chi connectivity index (χ1) is 26.3. The number of hydrogen-bond donors (Lipinski definition) is 0. The van der Waals surface area contributed by atoms with E-state index in [4.69, 9.17) is 4.98 Å². The van der Waals surface area contributed by atoms with Crippen LogP contribution in [0.2, 0.25) is 0 Å². The summed E-state index contributed by atoms with van der Waals surface area (Å²) in [6.07, 6.45) is 14.5. The van der Waals surface area contributed by atoms with Gasteiger partial charge in [0.1, 0.15) is 0 Å². The van der Waals surface area contributed by atoms with Gasteiger partial charge in [0, 0.05) is 34.4 Å². The first-order valence-corrected chi connectivity index (χ1v) is 19.3. The summed E-state index contributed by atoms with van der Waals surface area (Å²) < 4.78 is 0. The highest BCUT2D eigenvalue weighted by atomic mass is 15.2. The van der Waals surface area contributed by atoms with Gasteiger partial charge < -0.3 is 9.80 Å². The van der Waals surface area contributed by atoms with Crippen molar-refractivity contribution in [3.05, 3.63) is 204 Å². The maximum Gasteiger partial charge on any atom is 0.0645 e. The summed E-state index contributed by atoms with van der Waals surface area (Å²) in [6, 6.07) is 37.0. The lowest BCUT2D eigenvalue weighted by Crippen LogP contribution is -2.33. The second-order valence-corrected chi connectivity index (χ2v) is 16.7. The molecule has 2 aliphatic rings. The van der Waals surface area contributed by atoms with Gasteiger partial charge in [-0.15, -0.1) is 0 Å². The van der Waals surface area contributed by atoms with Gasteiger partial charge in [-0.05, 0) is 92.4 Å². The molecule has 5 aromatic rings. The molecule has 4 aromatic carbocycles. The highest BCUT2D eigenvalue weighted by Gasteiger charge is 2.37. The lowest BCUT2D eigenvalue weighted by atomic mass is 9.73. The fourth-order valence-electron chi connectivity index (χ4n) is 8.46. The highest BCUT2D eigenvalue weighted by molar-refractivity contribution is 5.82. The number of para-hydroxylation sites is 3. The Morgan fingerprint density at radius 1 is 0.709 bits per heavy atom. The highest BCUT2D eigenvalue weighted by Crippen LogP contribution is 2.50. The van der Waals surface area contributed by atoms with Crippen molar-refractivity contribution in [3.63, 3.8) is 0 Å². The van der Waals surface area contributed by atoms with Crippen LogP contribution in [0.1, 0.15) is 87.5 Å². The minimum absolute atomic E-state index is 0.0606. The summed E-state index contributed by atoms with van der Waals surface area (Å²) >= 11 is 0. The number of aromatic nitrogens is 1. The third-order valence-corrected chi connectivity index (χ3v) is 11.4. The van der Waals surface area contributed by atoms with Crippen molar-refractivity contribution in [3.8, 4) is 0 Å². The molecule has 0 atom stereocenters. The van der Waals surface area contributed by atoms with Crippen molar-refractivity contribution in [1.29, 1.82) is 0 Å². The Hall–Kier alpha value is -5.93. The van der Waals surface area contributed by atoms with E-state index in [1.165, 1.54) is 39.2 Å². The lowest BCUT2D eigenvalue weighted by Gasteiger charge is -2.42. The molecule has 0 unspecified atom stereocenters. The summed E-state index contributed by atoms with van der Waals surface area (Å²) in [5, 5.41) is 0. The van der Waals surface area contributed by atoms with E-state index in [9.17, 15) is 0 Å². The molecule has 3 nitrogen and oxygen atoms in total. The van der Waals surface area contributed by atoms with Gasteiger partial charge in [-0.1, -0.05) is 165 Å². The number of rotatable bonds is 9. The molecule has 0 fully saturated rings. The van der Waals surface area contributed by atoms with Crippen LogP contribution in [0.4, 0.5) is 22.7 Å². The number of anilines is 4. The molecule has 3 heteroatoms. The smallest absolute Gasteiger partial charge is 0.0645 e. The molecule has 0 spiro atoms. The van der Waals surface area contributed by atoms with Crippen molar-refractivity contribution in [2.75, 3.05) is 16.3 Å². The number of benzene rings is 4. The third kappa shape index (κ3) is 6.74. The minimum atomic E-state index is -0.191. The molecular formula is C52H53N3. The summed E-state index contributed by atoms with van der Waals surface area (Å²) in [7, 11) is 0. The van der Waals surface area contributed by atoms with E-state index in [-0.39, 0.29) is 16.2 Å². The Labute approximate surface area is 329 Å². The van der Waals surface area contributed by atoms with E-state index in [0.717, 1.165) is 46.0 Å². The zero-order valence-corrected chi connectivity index (χ0v) is 33.5. The molecule has 0 saturated heterocycles. The van der Waals surface area contributed by atoms with E-state index < -0.39 is 0 Å². The van der Waals surface area contributed by atoms with Gasteiger partial charge in [-0.2, -0.15) is 0 Å². The van der Waals surface area contributed by atoms with E-state index >= 15 is 0 Å². The molecule has 0 N–H and O–H groups in total. The van der Waals surface area contributed by atoms with Gasteiger partial charge in [0.05, 0.1) is 23.3 Å². The van der Waals surface area contributed by atoms with Crippen LogP contribution in [0.15, 0.2) is 165 Å². The molecule has 2 aliphatic heterocycles. The topological polar surface area (TPSA) is 19.4 Å². The molecule has 0 bridgehead atoms. The zero-order chi connectivity index (χ0) is 39.1. The standard InChI is InChI=1S/C52H53N3/c1-11-41-46(12-2)55(49-26-18-15-23-44(49)51(41,7)8)39-31-30-38(53-35-39)29-27-37-28-32-40(45(34-37)50(4,5)6)36(3)20-19-33-54-47-24-16-13-21-42(47)52(9,10)43-22-14-17-25-48(43)54/h11-32,34-35H,1-3,33H2,4-10H3/b20-19-,29-27+. The Morgan fingerprint density at radius 2 is 1.31 bits per heavy atom. The molecule has 0 amide bonds. The molecular weight excluding hydrogens is 667 g/mol. The SMILES string of the molecule is C=CC1=C(C=C)C(C)(C)c2ccccc2N1c1ccc(/C=C/c2ccc(C(=C)/C=C\CN3c4ccccc4C(C)(C)c4ccccc43)c(C(C)(C)C)c2)nc1. The molecule has 7 rings (SSSR count). The monoisotopic (exact) mass is 719 g/mol. The summed E-state index contributed by atoms with van der Waals surface area (Å²) in [5.74, 6) is 0. The van der Waals surface area contributed by atoms with Gasteiger partial charge >= 0.3 is 0 Å². The van der Waals surface area contributed by atoms with Crippen molar-refractivity contribution < 1.29 is 0 Å². The maximum absolute atomic E-state index is 4.88. The van der Waals surface area contributed by atoms with E-state index in [1.54, 1.807) is 0 Å². The Balaban J connectivity index is 1.12. The van der Waals surface area contributed by atoms with Crippen LogP contribution >= 0.6 is 0 Å². The van der Waals surface area contributed by atoms with Gasteiger partial charge in [0.2, 0.25) is 0 Å². The van der Waals surface area contributed by atoms with Crippen molar-refractivity contribution in [1.82, 2.24) is 4.98 Å². The maximum atomic E-state index is 4.88. The van der Waals surface area contributed by atoms with Crippen LogP contribution in [0.3, 0.4) is 0 Å². The fourth-order valence-corrected chi connectivity index (χ4v) is 8.46. The number of nitrogens with zero attached hydrogens (tertiary/aromatic N) is 3. The first-order valence-electron chi connectivity index (χ1n) is 19.3. The molecule has 55 heavy (non-hydrogen) atoms. The van der Waals surface area contributed by atoms with Gasteiger partial charge in [-0.3, -0.25) is 4.98 Å². The zero-order valence-electron chi connectivity index (χ0n) is 33.5. The van der Waals surface area contributed by atoms with Crippen LogP contribution in [0, 0.1) is 0 Å². The second kappa shape index (κ2) is 14.4. The lowest BCUT2D eigenvalue weighted by molar-refractivity contribution is 0.588. The summed E-state index contributed by atoms with van der Waals surface area (Å²) in [4.78, 5) is 9.56. The summed E-state index contributed by atoms with van der Waals surface area (Å²) in [6.45, 7) is 29.6. The molecule has 0 radical (unpaired) electrons. The van der Waals surface area contributed by atoms with Crippen LogP contribution in [0.25, 0.3) is 17.7 Å². The first kappa shape index (κ1) is 37.4. The average Bonchev–Trinajstić information content (AvgIpc) is 3.18. The number of hydrogen-bond acceptors (Lipinski definition) is 3. The average molecular weight is 720 g/mol. The van der Waals surface area contributed by atoms with Gasteiger partial charge in [0.15, 0.2) is 0 Å². The number of fused-ring (bicyclic) bond motifs is 3. The van der Waals surface area contributed by atoms with Crippen molar-refractivity contribution in [2.45, 2.75) is 64.7 Å². The largest absolute Gasteiger partial charge is 0.337 e. The third-order valence-electron chi connectivity index (χ3n) is 11.4. The quantitative estimate of drug-likeness (QED) is 0.141. The van der Waals surface area contributed by atoms with Crippen LogP contribution in [0.5, 0.6) is 0 Å². The Bertz CT molecular complexity index is 2340. The fraction of sp³-hybridized carbons (Fsp3) is 0.212. The van der Waals surface area contributed by atoms with Gasteiger partial charge in [0.25, 0.3) is 0 Å². The normalized spacial score (nSPS) is 15.8. The Kier molecular flexibility index (Phi) is 9.77. The van der Waals surface area contributed by atoms with E-state index in [0.29, 0.717) is 0 Å². The van der Waals surface area contributed by atoms with Crippen molar-refractivity contribution in [2.24, 2.45) is 0 Å². The molecule has 0 aliphatic carbocycles. The molecule has 0 saturated carbocycles. The number of allylic oxidation sites excluding steroid dienone is 5. The van der Waals surface area contributed by atoms with Crippen molar-refractivity contribution >= 4 is 40.5 Å².